The van der Waals surface area contributed by atoms with Crippen molar-refractivity contribution >= 4 is 22.4 Å². The first kappa shape index (κ1) is 18.5. The lowest BCUT2D eigenvalue weighted by Crippen LogP contribution is -2.21. The summed E-state index contributed by atoms with van der Waals surface area (Å²) in [5.74, 6) is 1.44. The number of ether oxygens (including phenoxy) is 1. The van der Waals surface area contributed by atoms with Crippen molar-refractivity contribution in [3.8, 4) is 16.9 Å². The van der Waals surface area contributed by atoms with E-state index in [4.69, 9.17) is 10.5 Å². The van der Waals surface area contributed by atoms with Crippen molar-refractivity contribution in [2.45, 2.75) is 25.7 Å². The second-order valence-corrected chi connectivity index (χ2v) is 7.49. The van der Waals surface area contributed by atoms with Crippen LogP contribution in [0.3, 0.4) is 0 Å². The number of carbonyl (C=O) groups excluding carboxylic acids is 1. The lowest BCUT2D eigenvalue weighted by molar-refractivity contribution is -0.114. The maximum absolute atomic E-state index is 11.5. The molecular formula is C24H26N2O2. The first-order chi connectivity index (χ1) is 13.7. The standard InChI is InChI=1S/C24H26N2O2/c25-15-24(27)26-21-12-11-18-13-20(10-9-19(18)14-21)22-7-3-4-8-23(22)28-16-17-5-1-2-6-17/h3-4,7-14,17H,1-2,5-6,15-16,25H2,(H,26,27). The van der Waals surface area contributed by atoms with Gasteiger partial charge in [0.2, 0.25) is 5.91 Å². The Hall–Kier alpha value is -2.85. The fourth-order valence-electron chi connectivity index (χ4n) is 3.92. The van der Waals surface area contributed by atoms with Gasteiger partial charge in [-0.2, -0.15) is 0 Å². The highest BCUT2D eigenvalue weighted by atomic mass is 16.5. The maximum Gasteiger partial charge on any atom is 0.238 e. The van der Waals surface area contributed by atoms with Crippen LogP contribution in [0, 0.1) is 5.92 Å². The van der Waals surface area contributed by atoms with Crippen molar-refractivity contribution in [3.63, 3.8) is 0 Å². The molecule has 0 aromatic heterocycles. The van der Waals surface area contributed by atoms with Gasteiger partial charge >= 0.3 is 0 Å². The van der Waals surface area contributed by atoms with Gasteiger partial charge in [-0.3, -0.25) is 4.79 Å². The smallest absolute Gasteiger partial charge is 0.238 e. The number of nitrogens with one attached hydrogen (secondary N) is 1. The molecule has 0 heterocycles. The number of fused-ring (bicyclic) bond motifs is 1. The van der Waals surface area contributed by atoms with Gasteiger partial charge in [0.05, 0.1) is 13.2 Å². The Morgan fingerprint density at radius 3 is 2.57 bits per heavy atom. The number of rotatable bonds is 6. The van der Waals surface area contributed by atoms with Crippen LogP contribution in [0.4, 0.5) is 5.69 Å². The number of anilines is 1. The highest BCUT2D eigenvalue weighted by molar-refractivity contribution is 5.96. The van der Waals surface area contributed by atoms with Gasteiger partial charge in [-0.05, 0) is 59.4 Å². The van der Waals surface area contributed by atoms with Gasteiger partial charge in [-0.1, -0.05) is 49.2 Å². The van der Waals surface area contributed by atoms with Gasteiger partial charge in [0.25, 0.3) is 0 Å². The average Bonchev–Trinajstić information content (AvgIpc) is 3.25. The third-order valence-corrected chi connectivity index (χ3v) is 5.46. The molecule has 0 aliphatic heterocycles. The fraction of sp³-hybridized carbons (Fsp3) is 0.292. The number of amides is 1. The van der Waals surface area contributed by atoms with E-state index in [0.29, 0.717) is 5.92 Å². The molecule has 0 saturated heterocycles. The lowest BCUT2D eigenvalue weighted by atomic mass is 10.00. The van der Waals surface area contributed by atoms with Crippen LogP contribution in [0.2, 0.25) is 0 Å². The number of nitrogens with two attached hydrogens (primary N) is 1. The Bertz CT molecular complexity index is 977. The largest absolute Gasteiger partial charge is 0.493 e. The molecule has 144 valence electrons. The van der Waals surface area contributed by atoms with Crippen LogP contribution < -0.4 is 15.8 Å². The van der Waals surface area contributed by atoms with Crippen molar-refractivity contribution < 1.29 is 9.53 Å². The monoisotopic (exact) mass is 374 g/mol. The van der Waals surface area contributed by atoms with Crippen molar-refractivity contribution in [1.29, 1.82) is 0 Å². The van der Waals surface area contributed by atoms with Crippen LogP contribution in [-0.4, -0.2) is 19.1 Å². The Kier molecular flexibility index (Phi) is 5.58. The van der Waals surface area contributed by atoms with E-state index < -0.39 is 0 Å². The molecule has 1 saturated carbocycles. The van der Waals surface area contributed by atoms with Gasteiger partial charge < -0.3 is 15.8 Å². The topological polar surface area (TPSA) is 64.4 Å². The van der Waals surface area contributed by atoms with Crippen molar-refractivity contribution in [3.05, 3.63) is 60.7 Å². The van der Waals surface area contributed by atoms with E-state index in [2.05, 4.69) is 35.6 Å². The van der Waals surface area contributed by atoms with Crippen molar-refractivity contribution in [2.24, 2.45) is 11.7 Å². The minimum Gasteiger partial charge on any atom is -0.493 e. The van der Waals surface area contributed by atoms with E-state index >= 15 is 0 Å². The van der Waals surface area contributed by atoms with E-state index in [1.54, 1.807) is 0 Å². The van der Waals surface area contributed by atoms with Gasteiger partial charge in [-0.15, -0.1) is 0 Å². The zero-order valence-corrected chi connectivity index (χ0v) is 16.0. The highest BCUT2D eigenvalue weighted by Crippen LogP contribution is 2.34. The minimum atomic E-state index is -0.190. The Morgan fingerprint density at radius 1 is 1.00 bits per heavy atom. The summed E-state index contributed by atoms with van der Waals surface area (Å²) in [4.78, 5) is 11.5. The van der Waals surface area contributed by atoms with E-state index in [1.807, 2.05) is 30.3 Å². The molecule has 3 aromatic carbocycles. The number of hydrogen-bond acceptors (Lipinski definition) is 3. The zero-order chi connectivity index (χ0) is 19.3. The quantitative estimate of drug-likeness (QED) is 0.640. The first-order valence-electron chi connectivity index (χ1n) is 9.99. The van der Waals surface area contributed by atoms with Crippen LogP contribution in [0.25, 0.3) is 21.9 Å². The molecular weight excluding hydrogens is 348 g/mol. The molecule has 4 rings (SSSR count). The van der Waals surface area contributed by atoms with E-state index in [1.165, 1.54) is 25.7 Å². The van der Waals surface area contributed by atoms with Crippen LogP contribution in [0.5, 0.6) is 5.75 Å². The molecule has 1 amide bonds. The van der Waals surface area contributed by atoms with Crippen molar-refractivity contribution in [2.75, 3.05) is 18.5 Å². The molecule has 0 bridgehead atoms. The molecule has 4 heteroatoms. The summed E-state index contributed by atoms with van der Waals surface area (Å²) in [6.45, 7) is 0.781. The lowest BCUT2D eigenvalue weighted by Gasteiger charge is -2.15. The molecule has 28 heavy (non-hydrogen) atoms. The number of benzene rings is 3. The SMILES string of the molecule is NCC(=O)Nc1ccc2cc(-c3ccccc3OCC3CCCC3)ccc2c1. The molecule has 3 N–H and O–H groups in total. The molecule has 0 unspecified atom stereocenters. The molecule has 3 aromatic rings. The summed E-state index contributed by atoms with van der Waals surface area (Å²) in [5.41, 5.74) is 8.38. The van der Waals surface area contributed by atoms with Crippen LogP contribution >= 0.6 is 0 Å². The van der Waals surface area contributed by atoms with Gasteiger partial charge in [0.15, 0.2) is 0 Å². The Labute approximate surface area is 165 Å². The van der Waals surface area contributed by atoms with Crippen LogP contribution in [0.1, 0.15) is 25.7 Å². The third kappa shape index (κ3) is 4.18. The van der Waals surface area contributed by atoms with E-state index in [9.17, 15) is 4.79 Å². The fourth-order valence-corrected chi connectivity index (χ4v) is 3.92. The molecule has 4 nitrogen and oxygen atoms in total. The number of carbonyl (C=O) groups is 1. The Morgan fingerprint density at radius 2 is 1.75 bits per heavy atom. The third-order valence-electron chi connectivity index (χ3n) is 5.46. The molecule has 1 aliphatic rings. The van der Waals surface area contributed by atoms with Gasteiger partial charge in [-0.25, -0.2) is 0 Å². The number of para-hydroxylation sites is 1. The summed E-state index contributed by atoms with van der Waals surface area (Å²) in [5, 5.41) is 4.99. The summed E-state index contributed by atoms with van der Waals surface area (Å²) in [7, 11) is 0. The molecule has 1 aliphatic carbocycles. The minimum absolute atomic E-state index is 0.0192. The summed E-state index contributed by atoms with van der Waals surface area (Å²) in [6.07, 6.45) is 5.21. The van der Waals surface area contributed by atoms with Gasteiger partial charge in [0, 0.05) is 11.3 Å². The normalized spacial score (nSPS) is 14.3. The van der Waals surface area contributed by atoms with Crippen molar-refractivity contribution in [1.82, 2.24) is 0 Å². The zero-order valence-electron chi connectivity index (χ0n) is 16.0. The number of hydrogen-bond donors (Lipinski definition) is 2. The van der Waals surface area contributed by atoms with Crippen LogP contribution in [0.15, 0.2) is 60.7 Å². The van der Waals surface area contributed by atoms with Crippen LogP contribution in [-0.2, 0) is 4.79 Å². The molecule has 0 spiro atoms. The van der Waals surface area contributed by atoms with Gasteiger partial charge in [0.1, 0.15) is 5.75 Å². The second-order valence-electron chi connectivity index (χ2n) is 7.49. The predicted octanol–water partition coefficient (Wildman–Crippen LogP) is 4.97. The first-order valence-corrected chi connectivity index (χ1v) is 9.99. The summed E-state index contributed by atoms with van der Waals surface area (Å²) in [6, 6.07) is 20.5. The molecule has 0 radical (unpaired) electrons. The summed E-state index contributed by atoms with van der Waals surface area (Å²) < 4.78 is 6.20. The molecule has 1 fully saturated rings. The van der Waals surface area contributed by atoms with E-state index in [-0.39, 0.29) is 12.5 Å². The average molecular weight is 374 g/mol. The Balaban J connectivity index is 1.58. The highest BCUT2D eigenvalue weighted by Gasteiger charge is 2.16. The maximum atomic E-state index is 11.5. The van der Waals surface area contributed by atoms with E-state index in [0.717, 1.165) is 39.9 Å². The summed E-state index contributed by atoms with van der Waals surface area (Å²) >= 11 is 0. The molecule has 0 atom stereocenters. The predicted molar refractivity (Wildman–Crippen MR) is 115 cm³/mol. The second kappa shape index (κ2) is 8.44.